The molecule has 0 heterocycles. The number of aromatic hydroxyl groups is 1. The molecule has 4 nitrogen and oxygen atoms in total. The number of nitrogens with zero attached hydrogens (tertiary/aromatic N) is 1. The molecule has 0 saturated heterocycles. The normalized spacial score (nSPS) is 12.1. The summed E-state index contributed by atoms with van der Waals surface area (Å²) in [5.74, 6) is 0.806. The van der Waals surface area contributed by atoms with Crippen molar-refractivity contribution < 1.29 is 18.3 Å². The van der Waals surface area contributed by atoms with E-state index in [-0.39, 0.29) is 5.75 Å². The third-order valence-corrected chi connectivity index (χ3v) is 3.66. The Bertz CT molecular complexity index is 728. The third kappa shape index (κ3) is 6.31. The predicted octanol–water partition coefficient (Wildman–Crippen LogP) is 3.71. The largest absolute Gasteiger partial charge is 0.508 e. The smallest absolute Gasteiger partial charge is 0.416 e. The van der Waals surface area contributed by atoms with Crippen LogP contribution in [0, 0.1) is 0 Å². The lowest BCUT2D eigenvalue weighted by atomic mass is 10.1. The van der Waals surface area contributed by atoms with Gasteiger partial charge in [0.15, 0.2) is 5.96 Å². The van der Waals surface area contributed by atoms with Crippen LogP contribution in [0.5, 0.6) is 5.75 Å². The van der Waals surface area contributed by atoms with Crippen molar-refractivity contribution in [1.82, 2.24) is 10.6 Å². The number of nitrogens with one attached hydrogen (secondary N) is 2. The zero-order valence-electron chi connectivity index (χ0n) is 14.5. The van der Waals surface area contributed by atoms with Gasteiger partial charge in [-0.1, -0.05) is 24.3 Å². The van der Waals surface area contributed by atoms with Crippen LogP contribution >= 0.6 is 0 Å². The van der Waals surface area contributed by atoms with Crippen LogP contribution in [0.4, 0.5) is 13.2 Å². The topological polar surface area (TPSA) is 56.7 Å². The summed E-state index contributed by atoms with van der Waals surface area (Å²) in [6.45, 7) is 3.58. The van der Waals surface area contributed by atoms with E-state index in [1.165, 1.54) is 12.1 Å². The van der Waals surface area contributed by atoms with Crippen molar-refractivity contribution in [2.24, 2.45) is 4.99 Å². The van der Waals surface area contributed by atoms with Gasteiger partial charge in [0, 0.05) is 13.1 Å². The van der Waals surface area contributed by atoms with E-state index in [0.29, 0.717) is 32.0 Å². The van der Waals surface area contributed by atoms with Crippen molar-refractivity contribution in [3.8, 4) is 5.75 Å². The van der Waals surface area contributed by atoms with Crippen LogP contribution in [-0.4, -0.2) is 24.2 Å². The number of rotatable bonds is 6. The first-order valence-electron chi connectivity index (χ1n) is 8.34. The number of aliphatic imine (C=N–C) groups is 1. The zero-order valence-corrected chi connectivity index (χ0v) is 14.5. The molecule has 0 spiro atoms. The van der Waals surface area contributed by atoms with Gasteiger partial charge in [-0.3, -0.25) is 0 Å². The molecule has 0 amide bonds. The van der Waals surface area contributed by atoms with Crippen LogP contribution < -0.4 is 10.6 Å². The molecule has 26 heavy (non-hydrogen) atoms. The molecule has 0 atom stereocenters. The summed E-state index contributed by atoms with van der Waals surface area (Å²) < 4.78 is 37.7. The number of halogens is 3. The second-order valence-corrected chi connectivity index (χ2v) is 5.74. The maximum Gasteiger partial charge on any atom is 0.416 e. The van der Waals surface area contributed by atoms with Crippen molar-refractivity contribution in [2.45, 2.75) is 26.1 Å². The SMILES string of the molecule is CCNC(=NCc1cccc(O)c1)NCCc1ccc(C(F)(F)F)cc1. The Morgan fingerprint density at radius 3 is 2.38 bits per heavy atom. The van der Waals surface area contributed by atoms with Gasteiger partial charge in [0.1, 0.15) is 5.75 Å². The highest BCUT2D eigenvalue weighted by Gasteiger charge is 2.29. The molecule has 0 aliphatic rings. The van der Waals surface area contributed by atoms with Gasteiger partial charge < -0.3 is 15.7 Å². The van der Waals surface area contributed by atoms with Gasteiger partial charge in [0.2, 0.25) is 0 Å². The number of hydrogen-bond acceptors (Lipinski definition) is 2. The number of guanidine groups is 1. The summed E-state index contributed by atoms with van der Waals surface area (Å²) in [5.41, 5.74) is 1.05. The molecule has 0 saturated carbocycles. The van der Waals surface area contributed by atoms with Crippen LogP contribution in [0.1, 0.15) is 23.6 Å². The van der Waals surface area contributed by atoms with Crippen molar-refractivity contribution in [1.29, 1.82) is 0 Å². The second-order valence-electron chi connectivity index (χ2n) is 5.74. The lowest BCUT2D eigenvalue weighted by molar-refractivity contribution is -0.137. The van der Waals surface area contributed by atoms with E-state index in [0.717, 1.165) is 23.3 Å². The minimum atomic E-state index is -4.31. The maximum atomic E-state index is 12.6. The van der Waals surface area contributed by atoms with Gasteiger partial charge in [-0.2, -0.15) is 13.2 Å². The monoisotopic (exact) mass is 365 g/mol. The predicted molar refractivity (Wildman–Crippen MR) is 96.1 cm³/mol. The molecule has 0 unspecified atom stereocenters. The minimum absolute atomic E-state index is 0.193. The number of benzene rings is 2. The molecule has 2 aromatic carbocycles. The molecule has 2 aromatic rings. The molecule has 3 N–H and O–H groups in total. The van der Waals surface area contributed by atoms with Crippen molar-refractivity contribution in [2.75, 3.05) is 13.1 Å². The van der Waals surface area contributed by atoms with Crippen LogP contribution in [0.25, 0.3) is 0 Å². The average Bonchev–Trinajstić information content (AvgIpc) is 2.59. The van der Waals surface area contributed by atoms with Gasteiger partial charge in [0.25, 0.3) is 0 Å². The number of hydrogen-bond donors (Lipinski definition) is 3. The quantitative estimate of drug-likeness (QED) is 0.540. The Morgan fingerprint density at radius 1 is 1.04 bits per heavy atom. The van der Waals surface area contributed by atoms with E-state index in [2.05, 4.69) is 15.6 Å². The molecule has 0 radical (unpaired) electrons. The molecule has 0 aromatic heterocycles. The molecule has 0 bridgehead atoms. The van der Waals surface area contributed by atoms with Gasteiger partial charge in [0.05, 0.1) is 12.1 Å². The summed E-state index contributed by atoms with van der Waals surface area (Å²) in [7, 11) is 0. The Kier molecular flexibility index (Phi) is 6.89. The van der Waals surface area contributed by atoms with Crippen molar-refractivity contribution >= 4 is 5.96 Å². The Balaban J connectivity index is 1.88. The first kappa shape index (κ1) is 19.6. The molecule has 0 fully saturated rings. The van der Waals surface area contributed by atoms with Crippen LogP contribution in [0.2, 0.25) is 0 Å². The highest BCUT2D eigenvalue weighted by Crippen LogP contribution is 2.29. The highest BCUT2D eigenvalue weighted by molar-refractivity contribution is 5.79. The highest BCUT2D eigenvalue weighted by atomic mass is 19.4. The standard InChI is InChI=1S/C19H22F3N3O/c1-2-23-18(25-13-15-4-3-5-17(26)12-15)24-11-10-14-6-8-16(9-7-14)19(20,21)22/h3-9,12,26H,2,10-11,13H2,1H3,(H2,23,24,25). The molecule has 0 aliphatic carbocycles. The first-order valence-corrected chi connectivity index (χ1v) is 8.34. The second kappa shape index (κ2) is 9.12. The van der Waals surface area contributed by atoms with E-state index in [1.54, 1.807) is 18.2 Å². The first-order chi connectivity index (χ1) is 12.4. The van der Waals surface area contributed by atoms with Gasteiger partial charge >= 0.3 is 6.18 Å². The van der Waals surface area contributed by atoms with Crippen LogP contribution in [0.15, 0.2) is 53.5 Å². The van der Waals surface area contributed by atoms with Crippen molar-refractivity contribution in [3.63, 3.8) is 0 Å². The van der Waals surface area contributed by atoms with Gasteiger partial charge in [-0.05, 0) is 48.7 Å². The van der Waals surface area contributed by atoms with Crippen LogP contribution in [-0.2, 0) is 19.1 Å². The summed E-state index contributed by atoms with van der Waals surface area (Å²) in [6.07, 6.45) is -3.73. The molecular formula is C19H22F3N3O. The maximum absolute atomic E-state index is 12.6. The van der Waals surface area contributed by atoms with E-state index in [4.69, 9.17) is 0 Å². The third-order valence-electron chi connectivity index (χ3n) is 3.66. The van der Waals surface area contributed by atoms with Gasteiger partial charge in [-0.25, -0.2) is 4.99 Å². The Labute approximate surface area is 150 Å². The number of alkyl halides is 3. The summed E-state index contributed by atoms with van der Waals surface area (Å²) in [6, 6.07) is 12.0. The van der Waals surface area contributed by atoms with Crippen LogP contribution in [0.3, 0.4) is 0 Å². The molecular weight excluding hydrogens is 343 g/mol. The Hall–Kier alpha value is -2.70. The van der Waals surface area contributed by atoms with E-state index >= 15 is 0 Å². The zero-order chi connectivity index (χ0) is 19.0. The van der Waals surface area contributed by atoms with E-state index in [1.807, 2.05) is 13.0 Å². The molecule has 140 valence electrons. The fraction of sp³-hybridized carbons (Fsp3) is 0.316. The Morgan fingerprint density at radius 2 is 1.77 bits per heavy atom. The summed E-state index contributed by atoms with van der Waals surface area (Å²) in [4.78, 5) is 4.44. The van der Waals surface area contributed by atoms with E-state index in [9.17, 15) is 18.3 Å². The fourth-order valence-electron chi connectivity index (χ4n) is 2.35. The lowest BCUT2D eigenvalue weighted by Gasteiger charge is -2.12. The van der Waals surface area contributed by atoms with E-state index < -0.39 is 11.7 Å². The molecule has 0 aliphatic heterocycles. The van der Waals surface area contributed by atoms with Crippen molar-refractivity contribution in [3.05, 3.63) is 65.2 Å². The number of phenolic OH excluding ortho intramolecular Hbond substituents is 1. The number of phenols is 1. The summed E-state index contributed by atoms with van der Waals surface area (Å²) >= 11 is 0. The molecule has 7 heteroatoms. The van der Waals surface area contributed by atoms with Gasteiger partial charge in [-0.15, -0.1) is 0 Å². The average molecular weight is 365 g/mol. The fourth-order valence-corrected chi connectivity index (χ4v) is 2.35. The molecule has 2 rings (SSSR count). The minimum Gasteiger partial charge on any atom is -0.508 e. The lowest BCUT2D eigenvalue weighted by Crippen LogP contribution is -2.38. The summed E-state index contributed by atoms with van der Waals surface area (Å²) in [5, 5.41) is 15.7.